The van der Waals surface area contributed by atoms with Crippen molar-refractivity contribution < 1.29 is 22.8 Å². The molecule has 1 rings (SSSR count). The molecule has 1 aromatic heterocycles. The fourth-order valence-electron chi connectivity index (χ4n) is 7.53. The average molecular weight is 773 g/mol. The summed E-state index contributed by atoms with van der Waals surface area (Å²) in [5.74, 6) is 0.817. The second kappa shape index (κ2) is 25.5. The minimum Gasteiger partial charge on any atom is -0.448 e. The van der Waals surface area contributed by atoms with Gasteiger partial charge in [-0.05, 0) is 76.0 Å². The van der Waals surface area contributed by atoms with Crippen molar-refractivity contribution in [3.05, 3.63) is 17.8 Å². The summed E-state index contributed by atoms with van der Waals surface area (Å²) < 4.78 is 26.3. The Balaban J connectivity index is 3.32. The number of aromatic nitrogens is 1. The lowest BCUT2D eigenvalue weighted by Gasteiger charge is -2.44. The van der Waals surface area contributed by atoms with Crippen LogP contribution in [0.1, 0.15) is 132 Å². The van der Waals surface area contributed by atoms with Crippen LogP contribution in [0.3, 0.4) is 0 Å². The highest BCUT2D eigenvalue weighted by molar-refractivity contribution is 7.75. The smallest absolute Gasteiger partial charge is 0.250 e. The van der Waals surface area contributed by atoms with E-state index in [9.17, 15) is 4.79 Å². The number of methoxy groups -OCH3 is 1. The normalized spacial score (nSPS) is 15.3. The number of amides is 1. The van der Waals surface area contributed by atoms with Crippen molar-refractivity contribution in [1.29, 1.82) is 0 Å². The van der Waals surface area contributed by atoms with Gasteiger partial charge < -0.3 is 28.2 Å². The third kappa shape index (κ3) is 15.2. The minimum absolute atomic E-state index is 0.0703. The lowest BCUT2D eigenvalue weighted by molar-refractivity contribution is -0.136. The first-order chi connectivity index (χ1) is 24.4. The van der Waals surface area contributed by atoms with E-state index in [4.69, 9.17) is 23.0 Å². The van der Waals surface area contributed by atoms with E-state index in [-0.39, 0.29) is 17.9 Å². The van der Waals surface area contributed by atoms with E-state index in [0.717, 1.165) is 60.4 Å². The summed E-state index contributed by atoms with van der Waals surface area (Å²) in [4.78, 5) is 21.7. The van der Waals surface area contributed by atoms with E-state index in [0.29, 0.717) is 13.2 Å². The monoisotopic (exact) mass is 773 g/mol. The van der Waals surface area contributed by atoms with Gasteiger partial charge >= 0.3 is 0 Å². The molecule has 0 saturated carbocycles. The number of oxazole rings is 1. The van der Waals surface area contributed by atoms with Crippen LogP contribution >= 0.6 is 7.26 Å². The van der Waals surface area contributed by atoms with Gasteiger partial charge in [0, 0.05) is 26.8 Å². The zero-order chi connectivity index (χ0) is 38.5. The zero-order valence-electron chi connectivity index (χ0n) is 35.7. The number of ether oxygens (including phenoxy) is 1. The Morgan fingerprint density at radius 1 is 0.843 bits per heavy atom. The van der Waals surface area contributed by atoms with E-state index in [1.165, 1.54) is 57.0 Å². The van der Waals surface area contributed by atoms with E-state index < -0.39 is 36.1 Å². The lowest BCUT2D eigenvalue weighted by Crippen LogP contribution is -2.61. The molecule has 1 heterocycles. The molecule has 0 fully saturated rings. The molecule has 0 aliphatic heterocycles. The van der Waals surface area contributed by atoms with Crippen LogP contribution in [0.4, 0.5) is 0 Å². The molecular formula is C40H83N3O5PSi2+. The number of hydrogen-bond acceptors (Lipinski definition) is 7. The summed E-state index contributed by atoms with van der Waals surface area (Å²) >= 11 is 0. The van der Waals surface area contributed by atoms with Crippen molar-refractivity contribution in [1.82, 2.24) is 15.2 Å². The van der Waals surface area contributed by atoms with Gasteiger partial charge in [-0.2, -0.15) is 0 Å². The summed E-state index contributed by atoms with van der Waals surface area (Å²) in [5, 5.41) is 3.32. The predicted octanol–water partition coefficient (Wildman–Crippen LogP) is 10.6. The molecule has 300 valence electrons. The van der Waals surface area contributed by atoms with Crippen LogP contribution in [0.5, 0.6) is 0 Å². The van der Waals surface area contributed by atoms with Crippen LogP contribution in [0.15, 0.2) is 10.7 Å². The van der Waals surface area contributed by atoms with Crippen molar-refractivity contribution in [2.45, 2.75) is 181 Å². The van der Waals surface area contributed by atoms with Crippen molar-refractivity contribution in [3.63, 3.8) is 0 Å². The molecule has 0 spiro atoms. The Morgan fingerprint density at radius 2 is 1.33 bits per heavy atom. The third-order valence-corrected chi connectivity index (χ3v) is 25.9. The third-order valence-electron chi connectivity index (χ3n) is 11.9. The van der Waals surface area contributed by atoms with Gasteiger partial charge in [-0.25, -0.2) is 4.98 Å². The summed E-state index contributed by atoms with van der Waals surface area (Å²) in [5.41, 5.74) is 1.13. The average Bonchev–Trinajstić information content (AvgIpc) is 3.61. The van der Waals surface area contributed by atoms with Crippen molar-refractivity contribution in [2.24, 2.45) is 0 Å². The molecule has 11 heteroatoms. The van der Waals surface area contributed by atoms with Crippen LogP contribution in [0, 0.1) is 0 Å². The molecule has 0 saturated heterocycles. The van der Waals surface area contributed by atoms with Crippen molar-refractivity contribution in [3.8, 4) is 0 Å². The second-order valence-corrected chi connectivity index (χ2v) is 29.3. The van der Waals surface area contributed by atoms with E-state index in [1.54, 1.807) is 7.11 Å². The first kappa shape index (κ1) is 48.4. The van der Waals surface area contributed by atoms with Crippen molar-refractivity contribution in [2.75, 3.05) is 52.8 Å². The van der Waals surface area contributed by atoms with Crippen LogP contribution in [-0.2, 0) is 24.5 Å². The SMILES string of the molecule is CCCC[P+](CCCC)(CCCC)Cc1coc([C@H](C)CCNC(=O)[C@H](O[Si](CC)(CC)CC)[C@H](O[Si](CC)(CC)CC)[C@@H](COC)N(C)C)n1. The van der Waals surface area contributed by atoms with Crippen molar-refractivity contribution >= 4 is 29.8 Å². The topological polar surface area (TPSA) is 86.1 Å². The Kier molecular flexibility index (Phi) is 24.2. The number of rotatable bonds is 31. The lowest BCUT2D eigenvalue weighted by atomic mass is 10.0. The number of carbonyl (C=O) groups is 1. The first-order valence-electron chi connectivity index (χ1n) is 21.0. The molecule has 0 aliphatic rings. The van der Waals surface area contributed by atoms with Gasteiger partial charge in [-0.3, -0.25) is 4.79 Å². The highest BCUT2D eigenvalue weighted by Gasteiger charge is 2.46. The molecule has 0 bridgehead atoms. The van der Waals surface area contributed by atoms with Crippen LogP contribution < -0.4 is 5.32 Å². The van der Waals surface area contributed by atoms with E-state index in [2.05, 4.69) is 93.5 Å². The van der Waals surface area contributed by atoms with Gasteiger partial charge in [-0.1, -0.05) is 88.5 Å². The second-order valence-electron chi connectivity index (χ2n) is 15.5. The Hall–Kier alpha value is -0.616. The predicted molar refractivity (Wildman–Crippen MR) is 226 cm³/mol. The number of nitrogens with zero attached hydrogens (tertiary/aromatic N) is 2. The number of carbonyl (C=O) groups excluding carboxylic acids is 1. The summed E-state index contributed by atoms with van der Waals surface area (Å²) in [7, 11) is 0.438. The maximum Gasteiger partial charge on any atom is 0.250 e. The van der Waals surface area contributed by atoms with Crippen LogP contribution in [-0.4, -0.2) is 104 Å². The molecular weight excluding hydrogens is 690 g/mol. The molecule has 51 heavy (non-hydrogen) atoms. The van der Waals surface area contributed by atoms with Crippen LogP contribution in [0.2, 0.25) is 36.3 Å². The molecule has 4 atom stereocenters. The highest BCUT2D eigenvalue weighted by Crippen LogP contribution is 2.63. The molecule has 0 radical (unpaired) electrons. The van der Waals surface area contributed by atoms with Gasteiger partial charge in [0.1, 0.15) is 18.1 Å². The molecule has 0 aromatic carbocycles. The van der Waals surface area contributed by atoms with E-state index >= 15 is 0 Å². The van der Waals surface area contributed by atoms with Gasteiger partial charge in [0.2, 0.25) is 0 Å². The summed E-state index contributed by atoms with van der Waals surface area (Å²) in [6, 6.07) is 5.79. The Bertz CT molecular complexity index is 1010. The molecule has 1 amide bonds. The summed E-state index contributed by atoms with van der Waals surface area (Å²) in [6.45, 7) is 23.5. The minimum atomic E-state index is -2.18. The number of unbranched alkanes of at least 4 members (excludes halogenated alkanes) is 3. The molecule has 1 aromatic rings. The van der Waals surface area contributed by atoms with Gasteiger partial charge in [-0.15, -0.1) is 0 Å². The standard InChI is InChI=1S/C40H82N3O5PSi2/c1-14-23-28-49(29-24-15-2,30-25-16-3)33-35-31-46-40(42-35)34(10)26-27-41-39(44)38(48-51(20-7,21-8)22-9)37(36(32-45-13)43(11)12)47-50(17-4,18-5)19-6/h31,34,36-38H,14-30,32-33H2,1-13H3/p+1/t34-,36-,37-,38-/m1/s1. The molecule has 1 N–H and O–H groups in total. The molecule has 0 unspecified atom stereocenters. The Labute approximate surface area is 318 Å². The fourth-order valence-corrected chi connectivity index (χ4v) is 18.1. The number of nitrogens with one attached hydrogen (secondary N) is 1. The first-order valence-corrected chi connectivity index (χ1v) is 28.5. The zero-order valence-corrected chi connectivity index (χ0v) is 38.6. The largest absolute Gasteiger partial charge is 0.448 e. The Morgan fingerprint density at radius 3 is 1.76 bits per heavy atom. The fraction of sp³-hybridized carbons (Fsp3) is 0.900. The maximum atomic E-state index is 14.5. The molecule has 0 aliphatic carbocycles. The molecule has 8 nitrogen and oxygen atoms in total. The van der Waals surface area contributed by atoms with Gasteiger partial charge in [0.15, 0.2) is 28.6 Å². The summed E-state index contributed by atoms with van der Waals surface area (Å²) in [6.07, 6.45) is 14.5. The van der Waals surface area contributed by atoms with Gasteiger partial charge in [0.05, 0.1) is 37.2 Å². The number of hydrogen-bond donors (Lipinski definition) is 1. The number of likely N-dealkylation sites (N-methyl/N-ethyl adjacent to an activating group) is 1. The quantitative estimate of drug-likeness (QED) is 0.0594. The van der Waals surface area contributed by atoms with E-state index in [1.807, 2.05) is 6.26 Å². The van der Waals surface area contributed by atoms with Crippen LogP contribution in [0.25, 0.3) is 0 Å². The maximum absolute atomic E-state index is 14.5. The van der Waals surface area contributed by atoms with Gasteiger partial charge in [0.25, 0.3) is 5.91 Å². The highest BCUT2D eigenvalue weighted by atomic mass is 31.2.